The third-order valence-electron chi connectivity index (χ3n) is 7.47. The van der Waals surface area contributed by atoms with Gasteiger partial charge in [-0.05, 0) is 42.0 Å². The van der Waals surface area contributed by atoms with Crippen molar-refractivity contribution in [2.45, 2.75) is 22.3 Å². The van der Waals surface area contributed by atoms with Gasteiger partial charge in [-0.15, -0.1) is 0 Å². The van der Waals surface area contributed by atoms with Crippen LogP contribution >= 0.6 is 11.8 Å². The first-order valence-electron chi connectivity index (χ1n) is 15.3. The number of rotatable bonds is 12. The lowest BCUT2D eigenvalue weighted by molar-refractivity contribution is -0.384. The molecule has 6 rings (SSSR count). The standard InChI is InChI=1S/C36H29N5O8S/c1-47-35(44)28(16-22-8-3-2-4-9-22)38-33(42)20-37-34(43)21-48-36-39-26(23-10-7-11-25(17-23)41(45)46)19-27(40-36)24-14-15-30-32(18-24)50-31-13-6-5-12-29(31)49-30/h2-15,17-19,28H,16,20-21H2,1H3,(H,37,43)(H,38,42). The van der Waals surface area contributed by atoms with Crippen molar-refractivity contribution in [3.05, 3.63) is 119 Å². The van der Waals surface area contributed by atoms with E-state index in [-0.39, 0.29) is 18.1 Å². The molecule has 2 amide bonds. The van der Waals surface area contributed by atoms with E-state index < -0.39 is 41.9 Å². The highest BCUT2D eigenvalue weighted by atomic mass is 32.2. The first kappa shape index (κ1) is 33.6. The lowest BCUT2D eigenvalue weighted by atomic mass is 10.1. The molecule has 1 atom stereocenters. The fraction of sp³-hybridized carbons (Fsp3) is 0.139. The molecule has 0 saturated carbocycles. The summed E-state index contributed by atoms with van der Waals surface area (Å²) in [5.74, 6) is -0.434. The highest BCUT2D eigenvalue weighted by Crippen LogP contribution is 2.48. The Morgan fingerprint density at radius 1 is 0.840 bits per heavy atom. The molecular weight excluding hydrogens is 662 g/mol. The Hall–Kier alpha value is -6.28. The van der Waals surface area contributed by atoms with Crippen molar-refractivity contribution in [2.75, 3.05) is 20.3 Å². The number of benzene rings is 4. The van der Waals surface area contributed by atoms with Gasteiger partial charge in [0.1, 0.15) is 17.5 Å². The summed E-state index contributed by atoms with van der Waals surface area (Å²) in [5, 5.41) is 16.5. The minimum atomic E-state index is -0.949. The van der Waals surface area contributed by atoms with Gasteiger partial charge in [0, 0.05) is 29.7 Å². The SMILES string of the molecule is COC(=O)C(Cc1ccccc1)NC(=O)CNC(=O)COc1nc(-c2cccc([N+](=O)[O-])c2)cc(-c2ccc3c(c2)Sc2ccccc2O3)n1. The number of esters is 1. The van der Waals surface area contributed by atoms with E-state index in [9.17, 15) is 24.5 Å². The zero-order valence-corrected chi connectivity index (χ0v) is 27.3. The lowest BCUT2D eigenvalue weighted by Gasteiger charge is -2.20. The number of ether oxygens (including phenoxy) is 3. The molecule has 2 heterocycles. The molecule has 1 aliphatic rings. The van der Waals surface area contributed by atoms with Crippen LogP contribution in [0.4, 0.5) is 5.69 Å². The Kier molecular flexibility index (Phi) is 10.3. The maximum Gasteiger partial charge on any atom is 0.328 e. The molecule has 0 aliphatic carbocycles. The number of nitrogens with zero attached hydrogens (tertiary/aromatic N) is 3. The van der Waals surface area contributed by atoms with Crippen LogP contribution in [-0.2, 0) is 25.5 Å². The summed E-state index contributed by atoms with van der Waals surface area (Å²) in [7, 11) is 1.23. The summed E-state index contributed by atoms with van der Waals surface area (Å²) in [6.07, 6.45) is 0.208. The number of fused-ring (bicyclic) bond motifs is 2. The van der Waals surface area contributed by atoms with Crippen LogP contribution in [0.3, 0.4) is 0 Å². The molecular formula is C36H29N5O8S. The minimum absolute atomic E-state index is 0.123. The number of nitro groups is 1. The van der Waals surface area contributed by atoms with Crippen LogP contribution in [0.1, 0.15) is 5.56 Å². The average Bonchev–Trinajstić information content (AvgIpc) is 3.14. The number of nitrogens with one attached hydrogen (secondary N) is 2. The number of non-ortho nitro benzene ring substituents is 1. The summed E-state index contributed by atoms with van der Waals surface area (Å²) in [4.78, 5) is 59.4. The quantitative estimate of drug-likeness (QED) is 0.0960. The van der Waals surface area contributed by atoms with E-state index in [1.54, 1.807) is 30.0 Å². The molecule has 14 heteroatoms. The lowest BCUT2D eigenvalue weighted by Crippen LogP contribution is -2.47. The van der Waals surface area contributed by atoms with Crippen molar-refractivity contribution >= 4 is 35.2 Å². The van der Waals surface area contributed by atoms with Crippen LogP contribution in [0, 0.1) is 10.1 Å². The number of hydrogen-bond donors (Lipinski definition) is 2. The molecule has 0 radical (unpaired) electrons. The van der Waals surface area contributed by atoms with Gasteiger partial charge >= 0.3 is 12.0 Å². The maximum absolute atomic E-state index is 12.7. The van der Waals surface area contributed by atoms with Gasteiger partial charge in [-0.25, -0.2) is 4.79 Å². The molecule has 252 valence electrons. The predicted molar refractivity (Wildman–Crippen MR) is 183 cm³/mol. The summed E-state index contributed by atoms with van der Waals surface area (Å²) < 4.78 is 16.6. The van der Waals surface area contributed by atoms with E-state index in [4.69, 9.17) is 14.2 Å². The highest BCUT2D eigenvalue weighted by molar-refractivity contribution is 7.99. The van der Waals surface area contributed by atoms with Gasteiger partial charge in [-0.3, -0.25) is 19.7 Å². The van der Waals surface area contributed by atoms with Crippen LogP contribution < -0.4 is 20.1 Å². The second kappa shape index (κ2) is 15.3. The summed E-state index contributed by atoms with van der Waals surface area (Å²) in [6.45, 7) is -0.970. The largest absolute Gasteiger partial charge is 0.467 e. The molecule has 0 saturated heterocycles. The first-order chi connectivity index (χ1) is 24.2. The monoisotopic (exact) mass is 691 g/mol. The highest BCUT2D eigenvalue weighted by Gasteiger charge is 2.23. The Morgan fingerprint density at radius 2 is 1.56 bits per heavy atom. The van der Waals surface area contributed by atoms with Crippen LogP contribution in [0.25, 0.3) is 22.5 Å². The van der Waals surface area contributed by atoms with E-state index in [2.05, 4.69) is 20.6 Å². The van der Waals surface area contributed by atoms with E-state index in [1.807, 2.05) is 72.8 Å². The number of carbonyl (C=O) groups excluding carboxylic acids is 3. The van der Waals surface area contributed by atoms with Crippen LogP contribution in [-0.4, -0.2) is 59.0 Å². The van der Waals surface area contributed by atoms with Crippen LogP contribution in [0.2, 0.25) is 0 Å². The van der Waals surface area contributed by atoms with Crippen molar-refractivity contribution < 1.29 is 33.5 Å². The molecule has 5 aromatic rings. The molecule has 0 fully saturated rings. The third kappa shape index (κ3) is 8.22. The number of para-hydroxylation sites is 1. The average molecular weight is 692 g/mol. The molecule has 1 aromatic heterocycles. The van der Waals surface area contributed by atoms with E-state index in [1.165, 1.54) is 19.2 Å². The van der Waals surface area contributed by atoms with Crippen LogP contribution in [0.15, 0.2) is 113 Å². The van der Waals surface area contributed by atoms with Gasteiger partial charge in [0.05, 0.1) is 39.8 Å². The fourth-order valence-electron chi connectivity index (χ4n) is 5.04. The molecule has 1 unspecified atom stereocenters. The maximum atomic E-state index is 12.7. The van der Waals surface area contributed by atoms with E-state index in [0.29, 0.717) is 28.3 Å². The van der Waals surface area contributed by atoms with Gasteiger partial charge in [-0.1, -0.05) is 66.4 Å². The topological polar surface area (TPSA) is 172 Å². The predicted octanol–water partition coefficient (Wildman–Crippen LogP) is 5.37. The van der Waals surface area contributed by atoms with Crippen molar-refractivity contribution in [1.29, 1.82) is 0 Å². The van der Waals surface area contributed by atoms with Gasteiger partial charge in [0.15, 0.2) is 6.61 Å². The number of amides is 2. The fourth-order valence-corrected chi connectivity index (χ4v) is 6.03. The minimum Gasteiger partial charge on any atom is -0.467 e. The van der Waals surface area contributed by atoms with Gasteiger partial charge in [0.2, 0.25) is 5.91 Å². The number of aromatic nitrogens is 2. The Morgan fingerprint density at radius 3 is 2.32 bits per heavy atom. The van der Waals surface area contributed by atoms with E-state index >= 15 is 0 Å². The first-order valence-corrected chi connectivity index (χ1v) is 16.1. The van der Waals surface area contributed by atoms with Gasteiger partial charge in [-0.2, -0.15) is 9.97 Å². The Labute approximate surface area is 290 Å². The van der Waals surface area contributed by atoms with Crippen molar-refractivity contribution in [1.82, 2.24) is 20.6 Å². The van der Waals surface area contributed by atoms with Crippen molar-refractivity contribution in [3.63, 3.8) is 0 Å². The molecule has 13 nitrogen and oxygen atoms in total. The number of nitro benzene ring substituents is 1. The number of carbonyl (C=O) groups is 3. The summed E-state index contributed by atoms with van der Waals surface area (Å²) >= 11 is 1.54. The van der Waals surface area contributed by atoms with Crippen molar-refractivity contribution in [3.8, 4) is 40.0 Å². The molecule has 50 heavy (non-hydrogen) atoms. The van der Waals surface area contributed by atoms with Gasteiger partial charge < -0.3 is 24.8 Å². The second-order valence-corrected chi connectivity index (χ2v) is 12.0. The Balaban J connectivity index is 1.17. The Bertz CT molecular complexity index is 2080. The smallest absolute Gasteiger partial charge is 0.328 e. The van der Waals surface area contributed by atoms with E-state index in [0.717, 1.165) is 21.1 Å². The number of methoxy groups -OCH3 is 1. The zero-order chi connectivity index (χ0) is 35.0. The van der Waals surface area contributed by atoms with Crippen LogP contribution in [0.5, 0.6) is 17.5 Å². The molecule has 1 aliphatic heterocycles. The summed E-state index contributed by atoms with van der Waals surface area (Å²) in [6, 6.07) is 28.9. The third-order valence-corrected chi connectivity index (χ3v) is 8.57. The normalized spacial score (nSPS) is 11.9. The second-order valence-electron chi connectivity index (χ2n) is 10.9. The zero-order valence-electron chi connectivity index (χ0n) is 26.5. The number of hydrogen-bond acceptors (Lipinski definition) is 11. The molecule has 2 N–H and O–H groups in total. The molecule has 4 aromatic carbocycles. The molecule has 0 bridgehead atoms. The van der Waals surface area contributed by atoms with Crippen molar-refractivity contribution in [2.24, 2.45) is 0 Å². The van der Waals surface area contributed by atoms with Gasteiger partial charge in [0.25, 0.3) is 11.6 Å². The molecule has 0 spiro atoms. The summed E-state index contributed by atoms with van der Waals surface area (Å²) in [5.41, 5.74) is 2.59.